The van der Waals surface area contributed by atoms with E-state index in [1.54, 1.807) is 24.4 Å². The zero-order chi connectivity index (χ0) is 11.4. The van der Waals surface area contributed by atoms with Crippen LogP contribution < -0.4 is 5.32 Å². The molecule has 2 rings (SSSR count). The summed E-state index contributed by atoms with van der Waals surface area (Å²) in [4.78, 5) is 3.89. The van der Waals surface area contributed by atoms with Gasteiger partial charge in [-0.1, -0.05) is 11.6 Å². The van der Waals surface area contributed by atoms with Gasteiger partial charge < -0.3 is 5.32 Å². The highest BCUT2D eigenvalue weighted by molar-refractivity contribution is 6.29. The molecule has 0 saturated carbocycles. The standard InChI is InChI=1S/C12H8ClN3/c13-12-7-11(5-6-15-12)16-10-3-1-9(8-14)2-4-10/h1-7H,(H,15,16). The largest absolute Gasteiger partial charge is 0.355 e. The van der Waals surface area contributed by atoms with Gasteiger partial charge in [0.2, 0.25) is 0 Å². The number of nitrogens with one attached hydrogen (secondary N) is 1. The van der Waals surface area contributed by atoms with E-state index in [-0.39, 0.29) is 0 Å². The summed E-state index contributed by atoms with van der Waals surface area (Å²) < 4.78 is 0. The number of rotatable bonds is 2. The Bertz CT molecular complexity index is 529. The van der Waals surface area contributed by atoms with Gasteiger partial charge in [-0.15, -0.1) is 0 Å². The van der Waals surface area contributed by atoms with Crippen molar-refractivity contribution in [2.24, 2.45) is 0 Å². The Hall–Kier alpha value is -2.05. The van der Waals surface area contributed by atoms with Gasteiger partial charge in [-0.05, 0) is 36.4 Å². The first-order chi connectivity index (χ1) is 7.78. The summed E-state index contributed by atoms with van der Waals surface area (Å²) in [5, 5.41) is 12.3. The monoisotopic (exact) mass is 229 g/mol. The molecule has 0 unspecified atom stereocenters. The first-order valence-electron chi connectivity index (χ1n) is 4.67. The van der Waals surface area contributed by atoms with E-state index >= 15 is 0 Å². The molecule has 0 spiro atoms. The van der Waals surface area contributed by atoms with Crippen LogP contribution in [-0.4, -0.2) is 4.98 Å². The lowest BCUT2D eigenvalue weighted by molar-refractivity contribution is 1.32. The van der Waals surface area contributed by atoms with E-state index in [0.29, 0.717) is 10.7 Å². The molecule has 78 valence electrons. The van der Waals surface area contributed by atoms with E-state index in [0.717, 1.165) is 11.4 Å². The zero-order valence-corrected chi connectivity index (χ0v) is 9.07. The van der Waals surface area contributed by atoms with Crippen LogP contribution in [0.25, 0.3) is 0 Å². The molecule has 4 heteroatoms. The Kier molecular flexibility index (Phi) is 3.04. The van der Waals surface area contributed by atoms with Crippen molar-refractivity contribution in [3.63, 3.8) is 0 Å². The van der Waals surface area contributed by atoms with Crippen LogP contribution in [0.1, 0.15) is 5.56 Å². The Morgan fingerprint density at radius 3 is 2.50 bits per heavy atom. The molecule has 0 saturated heterocycles. The molecule has 3 nitrogen and oxygen atoms in total. The highest BCUT2D eigenvalue weighted by Crippen LogP contribution is 2.18. The Morgan fingerprint density at radius 1 is 1.12 bits per heavy atom. The molecule has 0 amide bonds. The molecule has 1 aromatic heterocycles. The number of pyridine rings is 1. The van der Waals surface area contributed by atoms with Crippen molar-refractivity contribution >= 4 is 23.0 Å². The number of benzene rings is 1. The number of hydrogen-bond donors (Lipinski definition) is 1. The van der Waals surface area contributed by atoms with Crippen molar-refractivity contribution in [3.05, 3.63) is 53.3 Å². The fourth-order valence-corrected chi connectivity index (χ4v) is 1.45. The average Bonchev–Trinajstić information content (AvgIpc) is 2.30. The summed E-state index contributed by atoms with van der Waals surface area (Å²) in [6, 6.07) is 12.8. The number of nitriles is 1. The van der Waals surface area contributed by atoms with Crippen LogP contribution in [0.5, 0.6) is 0 Å². The summed E-state index contributed by atoms with van der Waals surface area (Å²) in [7, 11) is 0. The maximum atomic E-state index is 8.66. The van der Waals surface area contributed by atoms with Crippen LogP contribution in [0.3, 0.4) is 0 Å². The lowest BCUT2D eigenvalue weighted by atomic mass is 10.2. The smallest absolute Gasteiger partial charge is 0.131 e. The van der Waals surface area contributed by atoms with Gasteiger partial charge in [-0.2, -0.15) is 5.26 Å². The van der Waals surface area contributed by atoms with Gasteiger partial charge in [0.05, 0.1) is 11.6 Å². The first-order valence-corrected chi connectivity index (χ1v) is 5.04. The van der Waals surface area contributed by atoms with Crippen molar-refractivity contribution in [2.75, 3.05) is 5.32 Å². The lowest BCUT2D eigenvalue weighted by Crippen LogP contribution is -1.90. The third-order valence-corrected chi connectivity index (χ3v) is 2.24. The summed E-state index contributed by atoms with van der Waals surface area (Å²) in [6.45, 7) is 0. The van der Waals surface area contributed by atoms with E-state index in [1.807, 2.05) is 18.2 Å². The van der Waals surface area contributed by atoms with Gasteiger partial charge in [-0.25, -0.2) is 4.98 Å². The number of hydrogen-bond acceptors (Lipinski definition) is 3. The fourth-order valence-electron chi connectivity index (χ4n) is 1.27. The molecule has 16 heavy (non-hydrogen) atoms. The number of halogens is 1. The molecule has 0 aliphatic heterocycles. The molecule has 0 bridgehead atoms. The highest BCUT2D eigenvalue weighted by atomic mass is 35.5. The van der Waals surface area contributed by atoms with E-state index in [1.165, 1.54) is 0 Å². The fraction of sp³-hybridized carbons (Fsp3) is 0. The van der Waals surface area contributed by atoms with Gasteiger partial charge in [0.15, 0.2) is 0 Å². The van der Waals surface area contributed by atoms with Gasteiger partial charge in [0, 0.05) is 17.6 Å². The molecule has 1 aromatic carbocycles. The van der Waals surface area contributed by atoms with Crippen molar-refractivity contribution in [2.45, 2.75) is 0 Å². The second-order valence-corrected chi connectivity index (χ2v) is 3.57. The number of nitrogens with zero attached hydrogens (tertiary/aromatic N) is 2. The second kappa shape index (κ2) is 4.65. The van der Waals surface area contributed by atoms with Gasteiger partial charge in [0.1, 0.15) is 5.15 Å². The second-order valence-electron chi connectivity index (χ2n) is 3.18. The van der Waals surface area contributed by atoms with Crippen LogP contribution in [0.15, 0.2) is 42.6 Å². The highest BCUT2D eigenvalue weighted by Gasteiger charge is 1.96. The van der Waals surface area contributed by atoms with Crippen LogP contribution in [0, 0.1) is 11.3 Å². The zero-order valence-electron chi connectivity index (χ0n) is 8.31. The topological polar surface area (TPSA) is 48.7 Å². The number of anilines is 2. The molecule has 2 aromatic rings. The Labute approximate surface area is 98.3 Å². The maximum absolute atomic E-state index is 8.66. The molecular weight excluding hydrogens is 222 g/mol. The normalized spacial score (nSPS) is 9.50. The van der Waals surface area contributed by atoms with Crippen molar-refractivity contribution in [1.29, 1.82) is 5.26 Å². The lowest BCUT2D eigenvalue weighted by Gasteiger charge is -2.05. The Balaban J connectivity index is 2.18. The molecule has 0 fully saturated rings. The number of aromatic nitrogens is 1. The molecule has 0 atom stereocenters. The minimum atomic E-state index is 0.443. The van der Waals surface area contributed by atoms with Gasteiger partial charge >= 0.3 is 0 Å². The SMILES string of the molecule is N#Cc1ccc(Nc2ccnc(Cl)c2)cc1. The van der Waals surface area contributed by atoms with E-state index in [4.69, 9.17) is 16.9 Å². The molecular formula is C12H8ClN3. The summed E-state index contributed by atoms with van der Waals surface area (Å²) in [5.74, 6) is 0. The minimum Gasteiger partial charge on any atom is -0.355 e. The first kappa shape index (κ1) is 10.5. The summed E-state index contributed by atoms with van der Waals surface area (Å²) in [6.07, 6.45) is 1.63. The molecule has 1 N–H and O–H groups in total. The maximum Gasteiger partial charge on any atom is 0.131 e. The van der Waals surface area contributed by atoms with Crippen molar-refractivity contribution in [1.82, 2.24) is 4.98 Å². The van der Waals surface area contributed by atoms with E-state index in [9.17, 15) is 0 Å². The van der Waals surface area contributed by atoms with E-state index in [2.05, 4.69) is 16.4 Å². The minimum absolute atomic E-state index is 0.443. The van der Waals surface area contributed by atoms with Crippen LogP contribution in [-0.2, 0) is 0 Å². The Morgan fingerprint density at radius 2 is 1.88 bits per heavy atom. The third kappa shape index (κ3) is 2.50. The molecule has 1 heterocycles. The van der Waals surface area contributed by atoms with Crippen molar-refractivity contribution in [3.8, 4) is 6.07 Å². The molecule has 0 aliphatic carbocycles. The van der Waals surface area contributed by atoms with Crippen LogP contribution in [0.2, 0.25) is 5.15 Å². The predicted molar refractivity (Wildman–Crippen MR) is 63.7 cm³/mol. The van der Waals surface area contributed by atoms with Crippen LogP contribution in [0.4, 0.5) is 11.4 Å². The van der Waals surface area contributed by atoms with Gasteiger partial charge in [-0.3, -0.25) is 0 Å². The summed E-state index contributed by atoms with van der Waals surface area (Å²) in [5.41, 5.74) is 2.41. The predicted octanol–water partition coefficient (Wildman–Crippen LogP) is 3.35. The average molecular weight is 230 g/mol. The summed E-state index contributed by atoms with van der Waals surface area (Å²) >= 11 is 5.76. The van der Waals surface area contributed by atoms with Gasteiger partial charge in [0.25, 0.3) is 0 Å². The van der Waals surface area contributed by atoms with Crippen LogP contribution >= 0.6 is 11.6 Å². The molecule has 0 radical (unpaired) electrons. The quantitative estimate of drug-likeness (QED) is 0.804. The molecule has 0 aliphatic rings. The third-order valence-electron chi connectivity index (χ3n) is 2.03. The van der Waals surface area contributed by atoms with Crippen molar-refractivity contribution < 1.29 is 0 Å². The van der Waals surface area contributed by atoms with E-state index < -0.39 is 0 Å².